The molecule has 0 saturated carbocycles. The molecule has 0 fully saturated rings. The molecule has 11 nitrogen and oxygen atoms in total. The third-order valence-electron chi connectivity index (χ3n) is 6.43. The molecule has 0 aliphatic carbocycles. The first-order valence-corrected chi connectivity index (χ1v) is 17.2. The van der Waals surface area contributed by atoms with Crippen molar-refractivity contribution >= 4 is 38.1 Å². The van der Waals surface area contributed by atoms with Crippen LogP contribution in [0.3, 0.4) is 0 Å². The average molecular weight is 722 g/mol. The Kier molecular flexibility index (Phi) is 12.4. The van der Waals surface area contributed by atoms with Crippen LogP contribution in [0, 0.1) is 20.8 Å². The predicted octanol–water partition coefficient (Wildman–Crippen LogP) is 6.68. The molecule has 0 aliphatic rings. The summed E-state index contributed by atoms with van der Waals surface area (Å²) in [4.78, 5) is 32.6. The SMILES string of the molecule is CCOC(=O)c1c(C)c(OS(C)(=O)=O)cc(Br)c1OCCN(Cc1c(C)cc(C)nc1OCc1ccccc1)C(=O)OC(C)(C)C. The Morgan fingerprint density at radius 2 is 1.70 bits per heavy atom. The highest BCUT2D eigenvalue weighted by Gasteiger charge is 2.28. The fourth-order valence-corrected chi connectivity index (χ4v) is 5.44. The van der Waals surface area contributed by atoms with Gasteiger partial charge in [-0.25, -0.2) is 14.6 Å². The number of hydrogen-bond donors (Lipinski definition) is 0. The van der Waals surface area contributed by atoms with E-state index in [1.54, 1.807) is 27.7 Å². The molecule has 3 aromatic rings. The van der Waals surface area contributed by atoms with E-state index in [9.17, 15) is 18.0 Å². The number of amides is 1. The number of hydrogen-bond acceptors (Lipinski definition) is 10. The van der Waals surface area contributed by atoms with Crippen molar-refractivity contribution in [1.29, 1.82) is 0 Å². The zero-order valence-corrected chi connectivity index (χ0v) is 29.8. The summed E-state index contributed by atoms with van der Waals surface area (Å²) in [6, 6.07) is 13.0. The van der Waals surface area contributed by atoms with Gasteiger partial charge >= 0.3 is 22.2 Å². The van der Waals surface area contributed by atoms with Gasteiger partial charge in [0.2, 0.25) is 5.88 Å². The molecule has 0 radical (unpaired) electrons. The Bertz CT molecular complexity index is 1660. The van der Waals surface area contributed by atoms with Gasteiger partial charge in [0, 0.05) is 22.9 Å². The highest BCUT2D eigenvalue weighted by Crippen LogP contribution is 2.39. The Morgan fingerprint density at radius 3 is 2.30 bits per heavy atom. The van der Waals surface area contributed by atoms with Crippen molar-refractivity contribution in [2.24, 2.45) is 0 Å². The first-order chi connectivity index (χ1) is 21.5. The molecule has 2 aromatic carbocycles. The van der Waals surface area contributed by atoms with Gasteiger partial charge in [0.15, 0.2) is 0 Å². The Hall–Kier alpha value is -3.84. The lowest BCUT2D eigenvalue weighted by Crippen LogP contribution is -2.39. The number of nitrogens with zero attached hydrogens (tertiary/aromatic N) is 2. The van der Waals surface area contributed by atoms with Gasteiger partial charge in [-0.2, -0.15) is 8.42 Å². The second-order valence-corrected chi connectivity index (χ2v) is 14.0. The number of pyridine rings is 1. The van der Waals surface area contributed by atoms with Crippen molar-refractivity contribution in [2.75, 3.05) is 26.0 Å². The highest BCUT2D eigenvalue weighted by molar-refractivity contribution is 9.10. The van der Waals surface area contributed by atoms with Crippen LogP contribution in [0.4, 0.5) is 4.79 Å². The third-order valence-corrected chi connectivity index (χ3v) is 7.50. The van der Waals surface area contributed by atoms with Gasteiger partial charge in [0.1, 0.15) is 35.9 Å². The number of carbonyl (C=O) groups excluding carboxylic acids is 2. The first kappa shape index (κ1) is 36.6. The van der Waals surface area contributed by atoms with E-state index in [1.165, 1.54) is 17.9 Å². The van der Waals surface area contributed by atoms with Crippen LogP contribution in [0.2, 0.25) is 0 Å². The quantitative estimate of drug-likeness (QED) is 0.139. The van der Waals surface area contributed by atoms with Crippen LogP contribution in [-0.4, -0.2) is 62.0 Å². The van der Waals surface area contributed by atoms with Crippen molar-refractivity contribution < 1.29 is 41.1 Å². The fourth-order valence-electron chi connectivity index (χ4n) is 4.42. The van der Waals surface area contributed by atoms with Gasteiger partial charge in [-0.1, -0.05) is 30.3 Å². The minimum absolute atomic E-state index is 0.00568. The van der Waals surface area contributed by atoms with E-state index in [1.807, 2.05) is 50.2 Å². The number of esters is 1. The zero-order valence-electron chi connectivity index (χ0n) is 27.4. The van der Waals surface area contributed by atoms with Crippen LogP contribution in [0.1, 0.15) is 66.0 Å². The lowest BCUT2D eigenvalue weighted by Gasteiger charge is -2.28. The van der Waals surface area contributed by atoms with Crippen molar-refractivity contribution in [2.45, 2.75) is 67.2 Å². The summed E-state index contributed by atoms with van der Waals surface area (Å²) >= 11 is 3.37. The molecule has 0 unspecified atom stereocenters. The standard InChI is InChI=1S/C33H41BrN2O9S/c1-9-41-31(37)28-23(4)27(45-46(8,39)40)18-26(34)29(28)42-16-15-36(32(38)44-33(5,6)7)19-25-21(2)17-22(3)35-30(25)43-20-24-13-11-10-12-14-24/h10-14,17-18H,9,15-16,19-20H2,1-8H3. The lowest BCUT2D eigenvalue weighted by atomic mass is 10.1. The Balaban J connectivity index is 1.93. The number of benzene rings is 2. The number of aromatic nitrogens is 1. The summed E-state index contributed by atoms with van der Waals surface area (Å²) in [5, 5.41) is 0. The van der Waals surface area contributed by atoms with E-state index in [0.717, 1.165) is 23.1 Å². The summed E-state index contributed by atoms with van der Waals surface area (Å²) in [5.74, 6) is -0.257. The monoisotopic (exact) mass is 720 g/mol. The molecule has 13 heteroatoms. The lowest BCUT2D eigenvalue weighted by molar-refractivity contribution is 0.0205. The largest absolute Gasteiger partial charge is 0.490 e. The van der Waals surface area contributed by atoms with E-state index in [4.69, 9.17) is 23.1 Å². The van der Waals surface area contributed by atoms with Crippen LogP contribution < -0.4 is 13.7 Å². The van der Waals surface area contributed by atoms with Gasteiger partial charge in [-0.05, 0) is 81.6 Å². The van der Waals surface area contributed by atoms with E-state index in [0.29, 0.717) is 18.1 Å². The molecule has 0 saturated heterocycles. The number of rotatable bonds is 13. The fraction of sp³-hybridized carbons (Fsp3) is 0.424. The summed E-state index contributed by atoms with van der Waals surface area (Å²) < 4.78 is 52.2. The van der Waals surface area contributed by atoms with Gasteiger partial charge in [-0.15, -0.1) is 0 Å². The molecule has 3 rings (SSSR count). The highest BCUT2D eigenvalue weighted by atomic mass is 79.9. The van der Waals surface area contributed by atoms with Gasteiger partial charge in [0.05, 0.1) is 30.4 Å². The second-order valence-electron chi connectivity index (χ2n) is 11.6. The minimum Gasteiger partial charge on any atom is -0.490 e. The van der Waals surface area contributed by atoms with E-state index in [2.05, 4.69) is 20.9 Å². The molecular formula is C33H41BrN2O9S. The second kappa shape index (κ2) is 15.6. The van der Waals surface area contributed by atoms with Crippen LogP contribution in [0.15, 0.2) is 46.9 Å². The number of aryl methyl sites for hydroxylation is 2. The summed E-state index contributed by atoms with van der Waals surface area (Å²) in [5.41, 5.74) is 2.77. The first-order valence-electron chi connectivity index (χ1n) is 14.6. The topological polar surface area (TPSA) is 131 Å². The Morgan fingerprint density at radius 1 is 1.02 bits per heavy atom. The van der Waals surface area contributed by atoms with Crippen molar-refractivity contribution in [1.82, 2.24) is 9.88 Å². The molecule has 0 N–H and O–H groups in total. The maximum Gasteiger partial charge on any atom is 0.410 e. The van der Waals surface area contributed by atoms with Gasteiger partial charge in [0.25, 0.3) is 0 Å². The summed E-state index contributed by atoms with van der Waals surface area (Å²) in [6.07, 6.45) is 0.326. The van der Waals surface area contributed by atoms with E-state index < -0.39 is 27.8 Å². The molecular weight excluding hydrogens is 680 g/mol. The van der Waals surface area contributed by atoms with Crippen LogP contribution in [0.25, 0.3) is 0 Å². The number of halogens is 1. The van der Waals surface area contributed by atoms with Crippen molar-refractivity contribution in [3.8, 4) is 17.4 Å². The maximum absolute atomic E-state index is 13.5. The smallest absolute Gasteiger partial charge is 0.410 e. The molecule has 0 bridgehead atoms. The number of ether oxygens (including phenoxy) is 4. The van der Waals surface area contributed by atoms with Crippen LogP contribution in [-0.2, 0) is 32.7 Å². The van der Waals surface area contributed by atoms with Crippen LogP contribution >= 0.6 is 15.9 Å². The third kappa shape index (κ3) is 10.6. The number of carbonyl (C=O) groups is 2. The molecule has 0 atom stereocenters. The summed E-state index contributed by atoms with van der Waals surface area (Å²) in [7, 11) is -3.88. The molecule has 1 heterocycles. The molecule has 250 valence electrons. The van der Waals surface area contributed by atoms with Crippen molar-refractivity contribution in [3.63, 3.8) is 0 Å². The average Bonchev–Trinajstić information content (AvgIpc) is 2.93. The zero-order chi connectivity index (χ0) is 34.2. The molecule has 1 aromatic heterocycles. The van der Waals surface area contributed by atoms with E-state index >= 15 is 0 Å². The Labute approximate surface area is 279 Å². The van der Waals surface area contributed by atoms with Gasteiger partial charge < -0.3 is 28.0 Å². The van der Waals surface area contributed by atoms with Crippen LogP contribution in [0.5, 0.6) is 17.4 Å². The predicted molar refractivity (Wildman–Crippen MR) is 177 cm³/mol. The molecule has 0 spiro atoms. The van der Waals surface area contributed by atoms with Crippen molar-refractivity contribution in [3.05, 3.63) is 80.4 Å². The van der Waals surface area contributed by atoms with Gasteiger partial charge in [-0.3, -0.25) is 0 Å². The molecule has 46 heavy (non-hydrogen) atoms. The normalized spacial score (nSPS) is 11.5. The summed E-state index contributed by atoms with van der Waals surface area (Å²) in [6.45, 7) is 12.8. The minimum atomic E-state index is -3.88. The maximum atomic E-state index is 13.5. The van der Waals surface area contributed by atoms with E-state index in [-0.39, 0.29) is 53.4 Å². The molecule has 1 amide bonds. The molecule has 0 aliphatic heterocycles.